The van der Waals surface area contributed by atoms with Crippen LogP contribution in [0.5, 0.6) is 0 Å². The Morgan fingerprint density at radius 2 is 1.87 bits per heavy atom. The van der Waals surface area contributed by atoms with Gasteiger partial charge in [0, 0.05) is 12.3 Å². The van der Waals surface area contributed by atoms with E-state index in [4.69, 9.17) is 5.11 Å². The van der Waals surface area contributed by atoms with Crippen molar-refractivity contribution in [1.29, 1.82) is 0 Å². The molecule has 3 nitrogen and oxygen atoms in total. The monoisotopic (exact) mass is 214 g/mol. The van der Waals surface area contributed by atoms with E-state index < -0.39 is 5.97 Å². The predicted molar refractivity (Wildman–Crippen MR) is 59.8 cm³/mol. The molecule has 0 aliphatic carbocycles. The largest absolute Gasteiger partial charge is 0.481 e. The third-order valence-corrected chi connectivity index (χ3v) is 2.60. The number of carboxylic acid groups (broad SMARTS) is 1. The molecule has 1 unspecified atom stereocenters. The smallest absolute Gasteiger partial charge is 0.303 e. The molecule has 0 aromatic carbocycles. The van der Waals surface area contributed by atoms with E-state index in [0.29, 0.717) is 6.42 Å². The lowest BCUT2D eigenvalue weighted by Crippen LogP contribution is -2.05. The molecule has 0 aromatic heterocycles. The van der Waals surface area contributed by atoms with Crippen LogP contribution in [0, 0.1) is 5.92 Å². The summed E-state index contributed by atoms with van der Waals surface area (Å²) in [5.41, 5.74) is 0. The summed E-state index contributed by atoms with van der Waals surface area (Å²) in [5.74, 6) is -0.865. The summed E-state index contributed by atoms with van der Waals surface area (Å²) in [6, 6.07) is 0. The molecule has 0 saturated carbocycles. The van der Waals surface area contributed by atoms with Gasteiger partial charge in [-0.2, -0.15) is 0 Å². The zero-order valence-corrected chi connectivity index (χ0v) is 9.58. The highest BCUT2D eigenvalue weighted by Gasteiger charge is 2.09. The fourth-order valence-corrected chi connectivity index (χ4v) is 1.60. The summed E-state index contributed by atoms with van der Waals surface area (Å²) in [4.78, 5) is 21.0. The van der Waals surface area contributed by atoms with Crippen LogP contribution in [0.15, 0.2) is 0 Å². The van der Waals surface area contributed by atoms with Crippen molar-refractivity contribution in [2.75, 3.05) is 0 Å². The minimum atomic E-state index is -0.812. The minimum Gasteiger partial charge on any atom is -0.481 e. The van der Waals surface area contributed by atoms with Gasteiger partial charge in [-0.1, -0.05) is 39.0 Å². The molecule has 0 rings (SSSR count). The number of hydrogen-bond acceptors (Lipinski definition) is 2. The van der Waals surface area contributed by atoms with Crippen LogP contribution in [0.3, 0.4) is 0 Å². The highest BCUT2D eigenvalue weighted by Crippen LogP contribution is 2.14. The van der Waals surface area contributed by atoms with Gasteiger partial charge in [0.05, 0.1) is 0 Å². The second-order valence-corrected chi connectivity index (χ2v) is 4.03. The van der Waals surface area contributed by atoms with Gasteiger partial charge in [0.2, 0.25) is 0 Å². The van der Waals surface area contributed by atoms with Gasteiger partial charge < -0.3 is 9.90 Å². The number of carbonyl (C=O) groups is 2. The van der Waals surface area contributed by atoms with E-state index in [-0.39, 0.29) is 12.3 Å². The van der Waals surface area contributed by atoms with Crippen LogP contribution < -0.4 is 0 Å². The standard InChI is InChI=1S/C12H22O3/c1-2-3-4-5-6-7-11(10-13)8-9-12(14)15/h10-11H,2-9H2,1H3,(H,14,15). The Hall–Kier alpha value is -0.860. The lowest BCUT2D eigenvalue weighted by atomic mass is 9.97. The first kappa shape index (κ1) is 14.1. The molecule has 0 heterocycles. The predicted octanol–water partition coefficient (Wildman–Crippen LogP) is 3.03. The van der Waals surface area contributed by atoms with Crippen molar-refractivity contribution < 1.29 is 14.7 Å². The van der Waals surface area contributed by atoms with Crippen molar-refractivity contribution in [3.63, 3.8) is 0 Å². The van der Waals surface area contributed by atoms with Crippen LogP contribution >= 0.6 is 0 Å². The third kappa shape index (κ3) is 9.44. The fourth-order valence-electron chi connectivity index (χ4n) is 1.60. The average Bonchev–Trinajstić information content (AvgIpc) is 2.22. The number of rotatable bonds is 10. The van der Waals surface area contributed by atoms with Crippen molar-refractivity contribution in [1.82, 2.24) is 0 Å². The van der Waals surface area contributed by atoms with E-state index in [1.54, 1.807) is 0 Å². The summed E-state index contributed by atoms with van der Waals surface area (Å²) >= 11 is 0. The number of carbonyl (C=O) groups excluding carboxylic acids is 1. The SMILES string of the molecule is CCCCCCCC(C=O)CCC(=O)O. The van der Waals surface area contributed by atoms with Crippen LogP contribution in [0.25, 0.3) is 0 Å². The van der Waals surface area contributed by atoms with E-state index in [0.717, 1.165) is 25.5 Å². The normalized spacial score (nSPS) is 12.3. The molecule has 0 spiro atoms. The Balaban J connectivity index is 3.44. The van der Waals surface area contributed by atoms with Gasteiger partial charge in [0.25, 0.3) is 0 Å². The zero-order chi connectivity index (χ0) is 11.5. The van der Waals surface area contributed by atoms with Gasteiger partial charge in [-0.3, -0.25) is 4.79 Å². The number of carboxylic acids is 1. The first-order valence-electron chi connectivity index (χ1n) is 5.87. The molecule has 0 amide bonds. The van der Waals surface area contributed by atoms with Crippen LogP contribution in [-0.2, 0) is 9.59 Å². The lowest BCUT2D eigenvalue weighted by molar-refractivity contribution is -0.137. The van der Waals surface area contributed by atoms with Crippen molar-refractivity contribution in [2.24, 2.45) is 5.92 Å². The van der Waals surface area contributed by atoms with Gasteiger partial charge in [-0.25, -0.2) is 0 Å². The Bertz CT molecular complexity index is 178. The van der Waals surface area contributed by atoms with Crippen molar-refractivity contribution in [3.8, 4) is 0 Å². The molecule has 0 aromatic rings. The fraction of sp³-hybridized carbons (Fsp3) is 0.833. The van der Waals surface area contributed by atoms with E-state index in [1.165, 1.54) is 19.3 Å². The Labute approximate surface area is 91.9 Å². The van der Waals surface area contributed by atoms with Gasteiger partial charge in [-0.15, -0.1) is 0 Å². The summed E-state index contributed by atoms with van der Waals surface area (Å²) in [6.45, 7) is 2.17. The van der Waals surface area contributed by atoms with Crippen LogP contribution in [0.4, 0.5) is 0 Å². The second-order valence-electron chi connectivity index (χ2n) is 4.03. The maximum Gasteiger partial charge on any atom is 0.303 e. The molecule has 0 radical (unpaired) electrons. The minimum absolute atomic E-state index is 0.0530. The van der Waals surface area contributed by atoms with Gasteiger partial charge >= 0.3 is 5.97 Å². The number of aliphatic carboxylic acids is 1. The van der Waals surface area contributed by atoms with Crippen LogP contribution in [0.1, 0.15) is 58.3 Å². The zero-order valence-electron chi connectivity index (χ0n) is 9.58. The van der Waals surface area contributed by atoms with Crippen LogP contribution in [0.2, 0.25) is 0 Å². The number of aldehydes is 1. The summed E-state index contributed by atoms with van der Waals surface area (Å²) < 4.78 is 0. The molecule has 0 bridgehead atoms. The molecule has 0 saturated heterocycles. The lowest BCUT2D eigenvalue weighted by Gasteiger charge is -2.07. The molecular weight excluding hydrogens is 192 g/mol. The molecule has 0 fully saturated rings. The van der Waals surface area contributed by atoms with Gasteiger partial charge in [0.1, 0.15) is 6.29 Å². The highest BCUT2D eigenvalue weighted by molar-refractivity contribution is 5.67. The molecule has 1 atom stereocenters. The topological polar surface area (TPSA) is 54.4 Å². The molecule has 0 aliphatic heterocycles. The van der Waals surface area contributed by atoms with Crippen molar-refractivity contribution in [3.05, 3.63) is 0 Å². The van der Waals surface area contributed by atoms with Gasteiger partial charge in [0.15, 0.2) is 0 Å². The van der Waals surface area contributed by atoms with E-state index >= 15 is 0 Å². The molecule has 0 aliphatic rings. The molecule has 88 valence electrons. The van der Waals surface area contributed by atoms with E-state index in [2.05, 4.69) is 6.92 Å². The first-order chi connectivity index (χ1) is 7.20. The maximum absolute atomic E-state index is 10.6. The highest BCUT2D eigenvalue weighted by atomic mass is 16.4. The van der Waals surface area contributed by atoms with Gasteiger partial charge in [-0.05, 0) is 12.8 Å². The van der Waals surface area contributed by atoms with Crippen LogP contribution in [-0.4, -0.2) is 17.4 Å². The number of unbranched alkanes of at least 4 members (excludes halogenated alkanes) is 4. The molecular formula is C12H22O3. The average molecular weight is 214 g/mol. The molecule has 15 heavy (non-hydrogen) atoms. The Morgan fingerprint density at radius 1 is 1.20 bits per heavy atom. The van der Waals surface area contributed by atoms with Crippen molar-refractivity contribution in [2.45, 2.75) is 58.3 Å². The van der Waals surface area contributed by atoms with Crippen molar-refractivity contribution >= 4 is 12.3 Å². The maximum atomic E-state index is 10.6. The first-order valence-corrected chi connectivity index (χ1v) is 5.87. The van der Waals surface area contributed by atoms with E-state index in [1.807, 2.05) is 0 Å². The summed E-state index contributed by atoms with van der Waals surface area (Å²) in [5, 5.41) is 8.48. The van der Waals surface area contributed by atoms with E-state index in [9.17, 15) is 9.59 Å². The third-order valence-electron chi connectivity index (χ3n) is 2.60. The molecule has 1 N–H and O–H groups in total. The summed E-state index contributed by atoms with van der Waals surface area (Å²) in [7, 11) is 0. The number of hydrogen-bond donors (Lipinski definition) is 1. The Morgan fingerprint density at radius 3 is 2.40 bits per heavy atom. The molecule has 3 heteroatoms. The Kier molecular flexibility index (Phi) is 9.13. The quantitative estimate of drug-likeness (QED) is 0.449. The second kappa shape index (κ2) is 9.69. The summed E-state index contributed by atoms with van der Waals surface area (Å²) in [6.07, 6.45) is 8.25.